The first-order chi connectivity index (χ1) is 16.8. The monoisotopic (exact) mass is 473 g/mol. The van der Waals surface area contributed by atoms with Crippen LogP contribution in [0, 0.1) is 5.92 Å². The highest BCUT2D eigenvalue weighted by Gasteiger charge is 2.23. The minimum Gasteiger partial charge on any atom is -0.480 e. The van der Waals surface area contributed by atoms with Crippen LogP contribution >= 0.6 is 0 Å². The van der Waals surface area contributed by atoms with Crippen molar-refractivity contribution in [1.29, 1.82) is 0 Å². The van der Waals surface area contributed by atoms with Crippen molar-refractivity contribution in [2.75, 3.05) is 0 Å². The number of rotatable bonds is 11. The molecule has 2 N–H and O–H groups in total. The van der Waals surface area contributed by atoms with Gasteiger partial charge in [-0.25, -0.2) is 4.79 Å². The van der Waals surface area contributed by atoms with E-state index in [-0.39, 0.29) is 11.7 Å². The van der Waals surface area contributed by atoms with Gasteiger partial charge in [-0.05, 0) is 41.7 Å². The molecule has 0 fully saturated rings. The number of nitrogens with zero attached hydrogens (tertiary/aromatic N) is 2. The number of aliphatic carboxylic acids is 1. The fourth-order valence-electron chi connectivity index (χ4n) is 3.74. The molecule has 0 unspecified atom stereocenters. The lowest BCUT2D eigenvalue weighted by Gasteiger charge is -2.18. The number of carbonyl (C=O) groups is 3. The molecule has 2 aromatic carbocycles. The van der Waals surface area contributed by atoms with Gasteiger partial charge >= 0.3 is 5.97 Å². The number of aromatic nitrogens is 2. The zero-order valence-corrected chi connectivity index (χ0v) is 20.3. The summed E-state index contributed by atoms with van der Waals surface area (Å²) in [5.74, 6) is -1.83. The highest BCUT2D eigenvalue weighted by atomic mass is 16.4. The molecular weight excluding hydrogens is 442 g/mol. The van der Waals surface area contributed by atoms with Crippen LogP contribution in [-0.4, -0.2) is 38.6 Å². The van der Waals surface area contributed by atoms with E-state index in [0.29, 0.717) is 23.4 Å². The number of allylic oxidation sites excluding steroid dienone is 1. The molecule has 182 valence electrons. The number of ketones is 1. The molecule has 0 aliphatic rings. The van der Waals surface area contributed by atoms with E-state index < -0.39 is 17.9 Å². The van der Waals surface area contributed by atoms with Crippen LogP contribution in [0.3, 0.4) is 0 Å². The van der Waals surface area contributed by atoms with Crippen molar-refractivity contribution in [1.82, 2.24) is 15.1 Å². The maximum atomic E-state index is 13.0. The molecule has 0 aliphatic carbocycles. The smallest absolute Gasteiger partial charge is 0.326 e. The average Bonchev–Trinajstić information content (AvgIpc) is 3.31. The fourth-order valence-corrected chi connectivity index (χ4v) is 3.74. The summed E-state index contributed by atoms with van der Waals surface area (Å²) in [7, 11) is 0. The van der Waals surface area contributed by atoms with E-state index in [1.165, 1.54) is 5.56 Å². The molecule has 0 aliphatic heterocycles. The summed E-state index contributed by atoms with van der Waals surface area (Å²) in [5, 5.41) is 16.2. The van der Waals surface area contributed by atoms with Gasteiger partial charge in [0.25, 0.3) is 5.91 Å². The van der Waals surface area contributed by atoms with Gasteiger partial charge in [0.1, 0.15) is 11.7 Å². The molecule has 1 heterocycles. The van der Waals surface area contributed by atoms with Gasteiger partial charge in [0, 0.05) is 17.3 Å². The third-order valence-electron chi connectivity index (χ3n) is 5.66. The van der Waals surface area contributed by atoms with Crippen molar-refractivity contribution >= 4 is 23.7 Å². The lowest BCUT2D eigenvalue weighted by Crippen LogP contribution is -2.44. The number of hydrogen-bond acceptors (Lipinski definition) is 4. The minimum atomic E-state index is -1.06. The molecule has 3 rings (SSSR count). The van der Waals surface area contributed by atoms with Gasteiger partial charge in [-0.2, -0.15) is 5.10 Å². The molecule has 1 amide bonds. The van der Waals surface area contributed by atoms with Crippen LogP contribution < -0.4 is 5.32 Å². The summed E-state index contributed by atoms with van der Waals surface area (Å²) in [5.41, 5.74) is 3.48. The number of hydrogen-bond donors (Lipinski definition) is 2. The molecule has 7 heteroatoms. The zero-order chi connectivity index (χ0) is 25.4. The first-order valence-electron chi connectivity index (χ1n) is 11.8. The highest BCUT2D eigenvalue weighted by molar-refractivity contribution is 6.07. The number of nitrogens with one attached hydrogen (secondary N) is 1. The first kappa shape index (κ1) is 25.6. The van der Waals surface area contributed by atoms with Gasteiger partial charge in [0.15, 0.2) is 0 Å². The van der Waals surface area contributed by atoms with E-state index in [1.807, 2.05) is 42.5 Å². The Morgan fingerprint density at radius 2 is 1.80 bits per heavy atom. The Bertz CT molecular complexity index is 1210. The van der Waals surface area contributed by atoms with Crippen molar-refractivity contribution < 1.29 is 19.5 Å². The SMILES string of the molecule is CCCc1ccc(C(=O)c2ccnn2C/C=C/c2cccc(C(=O)N[C@H](C(=O)O)C(C)C)c2)cc1. The maximum absolute atomic E-state index is 13.0. The third-order valence-corrected chi connectivity index (χ3v) is 5.66. The molecule has 0 radical (unpaired) electrons. The molecule has 35 heavy (non-hydrogen) atoms. The molecule has 0 saturated heterocycles. The van der Waals surface area contributed by atoms with Crippen molar-refractivity contribution in [3.63, 3.8) is 0 Å². The van der Waals surface area contributed by atoms with Crippen LogP contribution in [0.1, 0.15) is 64.7 Å². The summed E-state index contributed by atoms with van der Waals surface area (Å²) >= 11 is 0. The standard InChI is InChI=1S/C28H31N3O4/c1-4-7-20-11-13-22(14-12-20)26(32)24-15-16-29-31(24)17-6-9-21-8-5-10-23(18-21)27(33)30-25(19(2)3)28(34)35/h5-6,8-16,18-19,25H,4,7,17H2,1-3H3,(H,30,33)(H,34,35)/b9-6+/t25-/m0/s1. The summed E-state index contributed by atoms with van der Waals surface area (Å²) < 4.78 is 1.63. The third kappa shape index (κ3) is 6.76. The highest BCUT2D eigenvalue weighted by Crippen LogP contribution is 2.14. The largest absolute Gasteiger partial charge is 0.480 e. The first-order valence-corrected chi connectivity index (χ1v) is 11.8. The molecule has 1 atom stereocenters. The minimum absolute atomic E-state index is 0.0873. The van der Waals surface area contributed by atoms with Crippen LogP contribution in [0.4, 0.5) is 0 Å². The zero-order valence-electron chi connectivity index (χ0n) is 20.3. The van der Waals surface area contributed by atoms with Crippen molar-refractivity contribution in [2.24, 2.45) is 5.92 Å². The Kier molecular flexibility index (Phi) is 8.73. The lowest BCUT2D eigenvalue weighted by atomic mass is 10.0. The van der Waals surface area contributed by atoms with Crippen molar-refractivity contribution in [2.45, 2.75) is 46.2 Å². The molecule has 0 bridgehead atoms. The second kappa shape index (κ2) is 11.9. The molecule has 0 spiro atoms. The summed E-state index contributed by atoms with van der Waals surface area (Å²) in [4.78, 5) is 36.9. The van der Waals surface area contributed by atoms with Crippen molar-refractivity contribution in [3.8, 4) is 0 Å². The quantitative estimate of drug-likeness (QED) is 0.396. The number of amides is 1. The van der Waals surface area contributed by atoms with Gasteiger partial charge in [0.2, 0.25) is 5.78 Å². The Morgan fingerprint density at radius 3 is 2.46 bits per heavy atom. The normalized spacial score (nSPS) is 12.1. The van der Waals surface area contributed by atoms with Crippen LogP contribution in [0.2, 0.25) is 0 Å². The Hall–Kier alpha value is -4.00. The van der Waals surface area contributed by atoms with Crippen LogP contribution in [0.5, 0.6) is 0 Å². The second-order valence-electron chi connectivity index (χ2n) is 8.74. The Labute approximate surface area is 205 Å². The summed E-state index contributed by atoms with van der Waals surface area (Å²) in [6.45, 7) is 5.99. The molecule has 1 aromatic heterocycles. The summed E-state index contributed by atoms with van der Waals surface area (Å²) in [6, 6.07) is 15.3. The van der Waals surface area contributed by atoms with Crippen molar-refractivity contribution in [3.05, 3.63) is 94.8 Å². The number of aryl methyl sites for hydroxylation is 1. The van der Waals surface area contributed by atoms with E-state index >= 15 is 0 Å². The second-order valence-corrected chi connectivity index (χ2v) is 8.74. The van der Waals surface area contributed by atoms with Crippen LogP contribution in [-0.2, 0) is 17.8 Å². The van der Waals surface area contributed by atoms with Gasteiger partial charge in [-0.3, -0.25) is 14.3 Å². The predicted octanol–water partition coefficient (Wildman–Crippen LogP) is 4.62. The van der Waals surface area contributed by atoms with E-state index in [0.717, 1.165) is 18.4 Å². The van der Waals surface area contributed by atoms with Gasteiger partial charge < -0.3 is 10.4 Å². The number of carboxylic acids is 1. The molecule has 7 nitrogen and oxygen atoms in total. The Balaban J connectivity index is 1.68. The van der Waals surface area contributed by atoms with E-state index in [4.69, 9.17) is 0 Å². The van der Waals surface area contributed by atoms with Gasteiger partial charge in [-0.1, -0.05) is 75.7 Å². The number of carboxylic acid groups (broad SMARTS) is 1. The number of benzene rings is 2. The lowest BCUT2D eigenvalue weighted by molar-refractivity contribution is -0.140. The van der Waals surface area contributed by atoms with Gasteiger partial charge in [-0.15, -0.1) is 0 Å². The fraction of sp³-hybridized carbons (Fsp3) is 0.286. The van der Waals surface area contributed by atoms with E-state index in [1.54, 1.807) is 49.0 Å². The summed E-state index contributed by atoms with van der Waals surface area (Å²) in [6.07, 6.45) is 7.34. The molecular formula is C28H31N3O4. The number of carbonyl (C=O) groups excluding carboxylic acids is 2. The van der Waals surface area contributed by atoms with Crippen LogP contribution in [0.15, 0.2) is 66.9 Å². The topological polar surface area (TPSA) is 101 Å². The van der Waals surface area contributed by atoms with E-state index in [9.17, 15) is 19.5 Å². The Morgan fingerprint density at radius 1 is 1.06 bits per heavy atom. The van der Waals surface area contributed by atoms with E-state index in [2.05, 4.69) is 17.3 Å². The van der Waals surface area contributed by atoms with Gasteiger partial charge in [0.05, 0.1) is 6.54 Å². The molecule has 3 aromatic rings. The molecule has 0 saturated carbocycles. The maximum Gasteiger partial charge on any atom is 0.326 e. The van der Waals surface area contributed by atoms with Crippen LogP contribution in [0.25, 0.3) is 6.08 Å². The predicted molar refractivity (Wildman–Crippen MR) is 135 cm³/mol. The average molecular weight is 474 g/mol.